The Hall–Kier alpha value is -4.66. The van der Waals surface area contributed by atoms with Gasteiger partial charge in [0.25, 0.3) is 5.91 Å². The number of pyridine rings is 1. The number of tetrazole rings is 1. The smallest absolute Gasteiger partial charge is 0.256 e. The van der Waals surface area contributed by atoms with Gasteiger partial charge in [-0.2, -0.15) is 4.68 Å². The monoisotopic (exact) mass is 454 g/mol. The van der Waals surface area contributed by atoms with E-state index in [2.05, 4.69) is 20.8 Å². The molecule has 0 aliphatic rings. The van der Waals surface area contributed by atoms with Crippen molar-refractivity contribution in [2.24, 2.45) is 0 Å². The number of carbonyl (C=O) groups is 1. The molecule has 8 nitrogen and oxygen atoms in total. The standard InChI is InChI=1S/C25H19FN6O2/c1-15-29-30-31-32(15)24-13-17(9-12-21(24)26)27-25(33)20-14-23(16-7-10-18(34-2)11-8-16)28-22-6-4-3-5-19(20)22/h3-14H,1-2H3,(H,27,33). The highest BCUT2D eigenvalue weighted by atomic mass is 19.1. The Kier molecular flexibility index (Phi) is 5.43. The van der Waals surface area contributed by atoms with Crippen molar-refractivity contribution in [3.05, 3.63) is 90.0 Å². The lowest BCUT2D eigenvalue weighted by Gasteiger charge is -2.12. The van der Waals surface area contributed by atoms with Gasteiger partial charge in [0.05, 0.1) is 23.9 Å². The molecule has 2 aromatic heterocycles. The van der Waals surface area contributed by atoms with Crippen LogP contribution in [0.5, 0.6) is 5.75 Å². The topological polar surface area (TPSA) is 94.8 Å². The first kappa shape index (κ1) is 21.2. The Morgan fingerprint density at radius 2 is 1.82 bits per heavy atom. The molecule has 34 heavy (non-hydrogen) atoms. The van der Waals surface area contributed by atoms with Crippen molar-refractivity contribution < 1.29 is 13.9 Å². The number of amides is 1. The summed E-state index contributed by atoms with van der Waals surface area (Å²) in [6.07, 6.45) is 0. The van der Waals surface area contributed by atoms with E-state index in [1.165, 1.54) is 22.9 Å². The number of fused-ring (bicyclic) bond motifs is 1. The van der Waals surface area contributed by atoms with Gasteiger partial charge in [-0.15, -0.1) is 5.10 Å². The van der Waals surface area contributed by atoms with E-state index in [0.29, 0.717) is 33.7 Å². The number of hydrogen-bond donors (Lipinski definition) is 1. The maximum Gasteiger partial charge on any atom is 0.256 e. The molecule has 0 spiro atoms. The molecule has 0 bridgehead atoms. The Labute approximate surface area is 194 Å². The number of rotatable bonds is 5. The van der Waals surface area contributed by atoms with E-state index in [9.17, 15) is 9.18 Å². The van der Waals surface area contributed by atoms with Crippen molar-refractivity contribution in [1.82, 2.24) is 25.2 Å². The van der Waals surface area contributed by atoms with Gasteiger partial charge in [-0.3, -0.25) is 4.79 Å². The Morgan fingerprint density at radius 3 is 2.56 bits per heavy atom. The minimum Gasteiger partial charge on any atom is -0.497 e. The van der Waals surface area contributed by atoms with E-state index >= 15 is 0 Å². The van der Waals surface area contributed by atoms with Gasteiger partial charge in [0.2, 0.25) is 0 Å². The molecule has 1 N–H and O–H groups in total. The van der Waals surface area contributed by atoms with Crippen molar-refractivity contribution in [3.8, 4) is 22.7 Å². The Balaban J connectivity index is 1.54. The normalized spacial score (nSPS) is 10.9. The second kappa shape index (κ2) is 8.70. The van der Waals surface area contributed by atoms with Gasteiger partial charge >= 0.3 is 0 Å². The van der Waals surface area contributed by atoms with Crippen LogP contribution in [0.1, 0.15) is 16.2 Å². The number of methoxy groups -OCH3 is 1. The molecule has 0 aliphatic carbocycles. The van der Waals surface area contributed by atoms with Crippen LogP contribution in [0.2, 0.25) is 0 Å². The quantitative estimate of drug-likeness (QED) is 0.418. The minimum atomic E-state index is -0.510. The SMILES string of the molecule is COc1ccc(-c2cc(C(=O)Nc3ccc(F)c(-n4nnnc4C)c3)c3ccccc3n2)cc1. The van der Waals surface area contributed by atoms with Gasteiger partial charge in [0.1, 0.15) is 17.3 Å². The number of aryl methyl sites for hydroxylation is 1. The minimum absolute atomic E-state index is 0.138. The molecule has 5 aromatic rings. The second-order valence-electron chi connectivity index (χ2n) is 7.56. The first-order valence-electron chi connectivity index (χ1n) is 10.4. The number of hydrogen-bond acceptors (Lipinski definition) is 6. The molecule has 1 amide bonds. The van der Waals surface area contributed by atoms with Gasteiger partial charge < -0.3 is 10.1 Å². The van der Waals surface area contributed by atoms with Crippen LogP contribution in [0.15, 0.2) is 72.8 Å². The summed E-state index contributed by atoms with van der Waals surface area (Å²) < 4.78 is 20.9. The average Bonchev–Trinajstić information content (AvgIpc) is 3.30. The number of nitrogens with zero attached hydrogens (tertiary/aromatic N) is 5. The number of nitrogens with one attached hydrogen (secondary N) is 1. The lowest BCUT2D eigenvalue weighted by atomic mass is 10.0. The number of carbonyl (C=O) groups excluding carboxylic acids is 1. The Morgan fingerprint density at radius 1 is 1.03 bits per heavy atom. The van der Waals surface area contributed by atoms with Crippen LogP contribution >= 0.6 is 0 Å². The number of aromatic nitrogens is 5. The van der Waals surface area contributed by atoms with E-state index in [4.69, 9.17) is 9.72 Å². The summed E-state index contributed by atoms with van der Waals surface area (Å²) in [6.45, 7) is 1.66. The molecule has 3 aromatic carbocycles. The number of anilines is 1. The molecule has 0 fully saturated rings. The second-order valence-corrected chi connectivity index (χ2v) is 7.56. The molecule has 0 saturated heterocycles. The lowest BCUT2D eigenvalue weighted by molar-refractivity contribution is 0.102. The molecule has 0 saturated carbocycles. The molecule has 168 valence electrons. The summed E-state index contributed by atoms with van der Waals surface area (Å²) in [7, 11) is 1.60. The third-order valence-electron chi connectivity index (χ3n) is 5.40. The van der Waals surface area contributed by atoms with Gasteiger partial charge in [-0.25, -0.2) is 9.37 Å². The van der Waals surface area contributed by atoms with Crippen molar-refractivity contribution in [1.29, 1.82) is 0 Å². The highest BCUT2D eigenvalue weighted by molar-refractivity contribution is 6.13. The van der Waals surface area contributed by atoms with Gasteiger partial charge in [-0.1, -0.05) is 18.2 Å². The molecule has 9 heteroatoms. The summed E-state index contributed by atoms with van der Waals surface area (Å²) in [6, 6.07) is 20.9. The fourth-order valence-corrected chi connectivity index (χ4v) is 3.68. The molecule has 0 atom stereocenters. The van der Waals surface area contributed by atoms with Crippen LogP contribution < -0.4 is 10.1 Å². The van der Waals surface area contributed by atoms with E-state index in [-0.39, 0.29) is 11.6 Å². The highest BCUT2D eigenvalue weighted by Crippen LogP contribution is 2.27. The van der Waals surface area contributed by atoms with Crippen LogP contribution in [0.4, 0.5) is 10.1 Å². The molecular weight excluding hydrogens is 435 g/mol. The predicted molar refractivity (Wildman–Crippen MR) is 126 cm³/mol. The van der Waals surface area contributed by atoms with Crippen molar-refractivity contribution in [2.45, 2.75) is 6.92 Å². The lowest BCUT2D eigenvalue weighted by Crippen LogP contribution is -2.14. The van der Waals surface area contributed by atoms with Crippen molar-refractivity contribution in [2.75, 3.05) is 12.4 Å². The maximum atomic E-state index is 14.4. The molecule has 0 unspecified atom stereocenters. The molecule has 0 radical (unpaired) electrons. The van der Waals surface area contributed by atoms with Crippen LogP contribution in [-0.4, -0.2) is 38.2 Å². The first-order valence-corrected chi connectivity index (χ1v) is 10.4. The van der Waals surface area contributed by atoms with Gasteiger partial charge in [-0.05, 0) is 71.9 Å². The van der Waals surface area contributed by atoms with Crippen molar-refractivity contribution >= 4 is 22.5 Å². The van der Waals surface area contributed by atoms with E-state index in [0.717, 1.165) is 11.3 Å². The van der Waals surface area contributed by atoms with Gasteiger partial charge in [0, 0.05) is 16.6 Å². The zero-order valence-electron chi connectivity index (χ0n) is 18.4. The predicted octanol–water partition coefficient (Wildman–Crippen LogP) is 4.59. The Bertz CT molecular complexity index is 1510. The van der Waals surface area contributed by atoms with Gasteiger partial charge in [0.15, 0.2) is 5.82 Å². The van der Waals surface area contributed by atoms with E-state index < -0.39 is 5.82 Å². The van der Waals surface area contributed by atoms with Crippen LogP contribution in [0, 0.1) is 12.7 Å². The fourth-order valence-electron chi connectivity index (χ4n) is 3.68. The van der Waals surface area contributed by atoms with E-state index in [1.54, 1.807) is 20.1 Å². The summed E-state index contributed by atoms with van der Waals surface area (Å²) in [5.74, 6) is 0.294. The van der Waals surface area contributed by atoms with Crippen LogP contribution in [0.3, 0.4) is 0 Å². The summed E-state index contributed by atoms with van der Waals surface area (Å²) in [5, 5.41) is 14.7. The van der Waals surface area contributed by atoms with E-state index in [1.807, 2.05) is 48.5 Å². The average molecular weight is 454 g/mol. The summed E-state index contributed by atoms with van der Waals surface area (Å²) in [5.41, 5.74) is 3.17. The summed E-state index contributed by atoms with van der Waals surface area (Å²) >= 11 is 0. The third-order valence-corrected chi connectivity index (χ3v) is 5.40. The number of para-hydroxylation sites is 1. The zero-order chi connectivity index (χ0) is 23.7. The number of benzene rings is 3. The maximum absolute atomic E-state index is 14.4. The fraction of sp³-hybridized carbons (Fsp3) is 0.0800. The molecule has 0 aliphatic heterocycles. The largest absolute Gasteiger partial charge is 0.497 e. The number of ether oxygens (including phenoxy) is 1. The molecule has 5 rings (SSSR count). The number of halogens is 1. The zero-order valence-corrected chi connectivity index (χ0v) is 18.4. The van der Waals surface area contributed by atoms with Crippen LogP contribution in [-0.2, 0) is 0 Å². The van der Waals surface area contributed by atoms with Crippen molar-refractivity contribution in [3.63, 3.8) is 0 Å². The first-order chi connectivity index (χ1) is 16.5. The van der Waals surface area contributed by atoms with Crippen LogP contribution in [0.25, 0.3) is 27.8 Å². The molecular formula is C25H19FN6O2. The third kappa shape index (κ3) is 3.95. The summed E-state index contributed by atoms with van der Waals surface area (Å²) in [4.78, 5) is 18.1. The highest BCUT2D eigenvalue weighted by Gasteiger charge is 2.16. The molecule has 2 heterocycles.